The van der Waals surface area contributed by atoms with Crippen LogP contribution in [0.3, 0.4) is 0 Å². The molecule has 4 fully saturated rings. The molecule has 340 valence electrons. The van der Waals surface area contributed by atoms with Crippen molar-refractivity contribution in [3.05, 3.63) is 0 Å². The fraction of sp³-hybridized carbons (Fsp3) is 0.972. The molecule has 13 N–H and O–H groups in total. The van der Waals surface area contributed by atoms with Crippen LogP contribution < -0.4 is 0 Å². The van der Waals surface area contributed by atoms with Crippen LogP contribution in [-0.4, -0.2) is 222 Å². The maximum atomic E-state index is 12.3. The molecule has 0 radical (unpaired) electrons. The molecule has 4 aliphatic heterocycles. The molecule has 0 aromatic carbocycles. The molecule has 58 heavy (non-hydrogen) atoms. The average Bonchev–Trinajstić information content (AvgIpc) is 3.46. The van der Waals surface area contributed by atoms with E-state index in [0.717, 1.165) is 25.7 Å². The summed E-state index contributed by atoms with van der Waals surface area (Å²) < 4.78 is 43.8. The molecule has 0 aliphatic carbocycles. The molecule has 0 amide bonds. The Labute approximate surface area is 335 Å². The van der Waals surface area contributed by atoms with Crippen molar-refractivity contribution in [1.29, 1.82) is 0 Å². The van der Waals surface area contributed by atoms with Crippen LogP contribution in [0.5, 0.6) is 0 Å². The van der Waals surface area contributed by atoms with Gasteiger partial charge in [-0.05, 0) is 6.42 Å². The van der Waals surface area contributed by atoms with Crippen LogP contribution in [0.2, 0.25) is 0 Å². The Bertz CT molecular complexity index is 1200. The molecular formula is C36H64O22. The van der Waals surface area contributed by atoms with Gasteiger partial charge < -0.3 is 104 Å². The van der Waals surface area contributed by atoms with Gasteiger partial charge in [-0.25, -0.2) is 0 Å². The SMILES string of the molecule is CCCCCCCCCCCC(=O)OC[C@H]1O[C@H](OC[C@H]2O[C@H](OC[C@H]3O[C@H](O[C@]4(CO)O[C@H](CO)[C@@H](O)[C@@H]4O)[C@H](O)[C@@H](O)[C@@H]3O)[C@H](O)[C@@H](O)[C@H]2O)[C@H](O)[C@@H](O)[C@H]1O. The van der Waals surface area contributed by atoms with E-state index in [1.54, 1.807) is 0 Å². The number of rotatable bonds is 22. The zero-order chi connectivity index (χ0) is 42.7. The normalized spacial score (nSPS) is 43.4. The van der Waals surface area contributed by atoms with Gasteiger partial charge in [-0.3, -0.25) is 4.79 Å². The smallest absolute Gasteiger partial charge is 0.305 e. The highest BCUT2D eigenvalue weighted by Crippen LogP contribution is 2.36. The standard InChI is InChI=1S/C36H64O22/c1-2-3-4-5-6-7-8-9-10-11-21(39)51-13-18-22(40)26(44)29(47)33(54-18)52-14-19-23(41)27(45)30(48)34(55-19)53-15-20-24(42)28(46)31(49)35(56-20)58-36(16-38)32(50)25(43)17(12-37)57-36/h17-20,22-35,37-38,40-50H,2-16H2,1H3/t17-,18-,19-,20-,22+,23+,24-,25-,26+,27+,28+,29-,30-,31-,32+,33+,34+,35-,36+/m1/s1. The molecule has 22 heteroatoms. The molecule has 0 aromatic heterocycles. The van der Waals surface area contributed by atoms with Crippen molar-refractivity contribution >= 4 is 5.97 Å². The molecule has 0 aromatic rings. The summed E-state index contributed by atoms with van der Waals surface area (Å²) in [6.07, 6.45) is -22.1. The topological polar surface area (TPSA) is 354 Å². The van der Waals surface area contributed by atoms with E-state index in [1.165, 1.54) is 25.7 Å². The summed E-state index contributed by atoms with van der Waals surface area (Å²) in [5, 5.41) is 135. The monoisotopic (exact) mass is 848 g/mol. The number of aliphatic hydroxyl groups is 13. The lowest BCUT2D eigenvalue weighted by molar-refractivity contribution is -0.388. The van der Waals surface area contributed by atoms with Gasteiger partial charge in [-0.15, -0.1) is 0 Å². The van der Waals surface area contributed by atoms with Crippen molar-refractivity contribution in [2.24, 2.45) is 0 Å². The number of aliphatic hydroxyl groups excluding tert-OH is 13. The fourth-order valence-corrected chi connectivity index (χ4v) is 7.21. The zero-order valence-corrected chi connectivity index (χ0v) is 32.5. The number of hydrogen-bond donors (Lipinski definition) is 13. The molecule has 0 unspecified atom stereocenters. The molecule has 4 saturated heterocycles. The van der Waals surface area contributed by atoms with E-state index in [4.69, 9.17) is 37.9 Å². The molecule has 4 aliphatic rings. The van der Waals surface area contributed by atoms with Crippen molar-refractivity contribution in [3.63, 3.8) is 0 Å². The minimum absolute atomic E-state index is 0.140. The molecule has 0 saturated carbocycles. The average molecular weight is 849 g/mol. The van der Waals surface area contributed by atoms with Gasteiger partial charge in [-0.1, -0.05) is 58.3 Å². The Balaban J connectivity index is 1.28. The van der Waals surface area contributed by atoms with Crippen molar-refractivity contribution in [2.75, 3.05) is 33.0 Å². The molecule has 4 heterocycles. The van der Waals surface area contributed by atoms with E-state index in [9.17, 15) is 71.2 Å². The van der Waals surface area contributed by atoms with Crippen LogP contribution in [0.15, 0.2) is 0 Å². The van der Waals surface area contributed by atoms with E-state index in [-0.39, 0.29) is 6.42 Å². The largest absolute Gasteiger partial charge is 0.463 e. The molecular weight excluding hydrogens is 784 g/mol. The van der Waals surface area contributed by atoms with Crippen molar-refractivity contribution < 1.29 is 109 Å². The summed E-state index contributed by atoms with van der Waals surface area (Å²) in [6, 6.07) is 0. The number of unbranched alkanes of at least 4 members (excludes halogenated alkanes) is 8. The third-order valence-electron chi connectivity index (χ3n) is 11.0. The predicted molar refractivity (Wildman–Crippen MR) is 190 cm³/mol. The molecule has 0 spiro atoms. The third-order valence-corrected chi connectivity index (χ3v) is 11.0. The summed E-state index contributed by atoms with van der Waals surface area (Å²) in [5.41, 5.74) is 0. The molecule has 0 bridgehead atoms. The maximum Gasteiger partial charge on any atom is 0.305 e. The van der Waals surface area contributed by atoms with Crippen LogP contribution >= 0.6 is 0 Å². The highest BCUT2D eigenvalue weighted by Gasteiger charge is 2.58. The van der Waals surface area contributed by atoms with Crippen LogP contribution in [-0.2, 0) is 42.7 Å². The Hall–Kier alpha value is -1.33. The second-order valence-corrected chi connectivity index (χ2v) is 15.3. The van der Waals surface area contributed by atoms with Gasteiger partial charge in [0.05, 0.1) is 19.8 Å². The Morgan fingerprint density at radius 1 is 0.517 bits per heavy atom. The van der Waals surface area contributed by atoms with Gasteiger partial charge in [0, 0.05) is 6.42 Å². The minimum atomic E-state index is -2.44. The highest BCUT2D eigenvalue weighted by atomic mass is 16.8. The number of ether oxygens (including phenoxy) is 8. The molecule has 19 atom stereocenters. The van der Waals surface area contributed by atoms with E-state index in [0.29, 0.717) is 6.42 Å². The summed E-state index contributed by atoms with van der Waals surface area (Å²) in [7, 11) is 0. The lowest BCUT2D eigenvalue weighted by atomic mass is 9.98. The highest BCUT2D eigenvalue weighted by molar-refractivity contribution is 5.69. The van der Waals surface area contributed by atoms with Crippen LogP contribution in [0.4, 0.5) is 0 Å². The van der Waals surface area contributed by atoms with Gasteiger partial charge in [0.1, 0.15) is 105 Å². The summed E-state index contributed by atoms with van der Waals surface area (Å²) in [4.78, 5) is 12.3. The summed E-state index contributed by atoms with van der Waals surface area (Å²) in [6.45, 7) is -1.64. The first-order valence-corrected chi connectivity index (χ1v) is 20.0. The number of esters is 1. The van der Waals surface area contributed by atoms with Gasteiger partial charge in [-0.2, -0.15) is 0 Å². The van der Waals surface area contributed by atoms with Crippen LogP contribution in [0.25, 0.3) is 0 Å². The maximum absolute atomic E-state index is 12.3. The number of carbonyl (C=O) groups is 1. The summed E-state index contributed by atoms with van der Waals surface area (Å²) >= 11 is 0. The second kappa shape index (κ2) is 23.2. The first-order chi connectivity index (χ1) is 27.6. The van der Waals surface area contributed by atoms with Gasteiger partial charge >= 0.3 is 5.97 Å². The van der Waals surface area contributed by atoms with E-state index in [1.807, 2.05) is 0 Å². The van der Waals surface area contributed by atoms with Gasteiger partial charge in [0.25, 0.3) is 0 Å². The van der Waals surface area contributed by atoms with Crippen LogP contribution in [0.1, 0.15) is 71.1 Å². The van der Waals surface area contributed by atoms with Gasteiger partial charge in [0.15, 0.2) is 18.9 Å². The fourth-order valence-electron chi connectivity index (χ4n) is 7.21. The van der Waals surface area contributed by atoms with Crippen molar-refractivity contribution in [3.8, 4) is 0 Å². The molecule has 22 nitrogen and oxygen atoms in total. The van der Waals surface area contributed by atoms with Gasteiger partial charge in [0.2, 0.25) is 5.79 Å². The zero-order valence-electron chi connectivity index (χ0n) is 32.5. The Morgan fingerprint density at radius 3 is 1.40 bits per heavy atom. The summed E-state index contributed by atoms with van der Waals surface area (Å²) in [5.74, 6) is -2.98. The van der Waals surface area contributed by atoms with Crippen LogP contribution in [0, 0.1) is 0 Å². The first kappa shape index (κ1) is 49.3. The number of hydrogen-bond acceptors (Lipinski definition) is 22. The van der Waals surface area contributed by atoms with E-state index >= 15 is 0 Å². The lowest BCUT2D eigenvalue weighted by Crippen LogP contribution is -2.64. The minimum Gasteiger partial charge on any atom is -0.463 e. The second-order valence-electron chi connectivity index (χ2n) is 15.3. The Kier molecular flexibility index (Phi) is 19.7. The van der Waals surface area contributed by atoms with Crippen molar-refractivity contribution in [1.82, 2.24) is 0 Å². The Morgan fingerprint density at radius 2 is 0.948 bits per heavy atom. The predicted octanol–water partition coefficient (Wildman–Crippen LogP) is -5.28. The van der Waals surface area contributed by atoms with E-state index in [2.05, 4.69) is 6.92 Å². The first-order valence-electron chi connectivity index (χ1n) is 20.0. The number of carbonyl (C=O) groups excluding carboxylic acids is 1. The molecule has 4 rings (SSSR count). The van der Waals surface area contributed by atoms with Crippen molar-refractivity contribution in [2.45, 2.75) is 187 Å². The third kappa shape index (κ3) is 12.2. The van der Waals surface area contributed by atoms with E-state index < -0.39 is 155 Å². The lowest BCUT2D eigenvalue weighted by Gasteiger charge is -2.45. The quantitative estimate of drug-likeness (QED) is 0.0357.